The van der Waals surface area contributed by atoms with E-state index >= 15 is 0 Å². The Morgan fingerprint density at radius 2 is 1.76 bits per heavy atom. The highest BCUT2D eigenvalue weighted by atomic mass is 35.5. The summed E-state index contributed by atoms with van der Waals surface area (Å²) in [7, 11) is 0. The van der Waals surface area contributed by atoms with E-state index in [4.69, 9.17) is 22.1 Å². The predicted octanol–water partition coefficient (Wildman–Crippen LogP) is 6.61. The topological polar surface area (TPSA) is 131 Å². The lowest BCUT2D eigenvalue weighted by atomic mass is 9.76. The molecule has 0 radical (unpaired) electrons. The fraction of sp³-hybridized carbons (Fsp3) is 0.375. The largest absolute Gasteiger partial charge is 0.480 e. The molecule has 260 valence electrons. The number of carboxylic acid groups (broad SMARTS) is 1. The van der Waals surface area contributed by atoms with Crippen LogP contribution in [0.2, 0.25) is 5.02 Å². The van der Waals surface area contributed by atoms with Gasteiger partial charge in [0.2, 0.25) is 17.9 Å². The lowest BCUT2D eigenvalue weighted by molar-refractivity contribution is -0.198. The third kappa shape index (κ3) is 7.25. The lowest BCUT2D eigenvalue weighted by Gasteiger charge is -2.39. The van der Waals surface area contributed by atoms with Crippen LogP contribution < -0.4 is 20.7 Å². The van der Waals surface area contributed by atoms with Gasteiger partial charge in [-0.15, -0.1) is 0 Å². The van der Waals surface area contributed by atoms with Gasteiger partial charge in [-0.3, -0.25) is 4.79 Å². The van der Waals surface area contributed by atoms with Gasteiger partial charge in [0.05, 0.1) is 22.0 Å². The van der Waals surface area contributed by atoms with Gasteiger partial charge in [0.15, 0.2) is 0 Å². The Balaban J connectivity index is 1.32. The molecular weight excluding hydrogens is 680 g/mol. The van der Waals surface area contributed by atoms with Crippen LogP contribution in [0.5, 0.6) is 5.88 Å². The first kappa shape index (κ1) is 34.3. The van der Waals surface area contributed by atoms with Crippen molar-refractivity contribution in [2.45, 2.75) is 50.7 Å². The van der Waals surface area contributed by atoms with Gasteiger partial charge in [-0.1, -0.05) is 29.8 Å². The Morgan fingerprint density at radius 1 is 1.06 bits per heavy atom. The molecule has 0 aliphatic carbocycles. The minimum Gasteiger partial charge on any atom is -0.480 e. The number of benzene rings is 2. The summed E-state index contributed by atoms with van der Waals surface area (Å²) in [6.45, 7) is 3.12. The molecule has 2 aliphatic rings. The van der Waals surface area contributed by atoms with E-state index in [2.05, 4.69) is 20.4 Å². The first-order valence-corrected chi connectivity index (χ1v) is 15.5. The number of anilines is 2. The van der Waals surface area contributed by atoms with E-state index in [0.717, 1.165) is 12.1 Å². The average molecular weight is 710 g/mol. The number of halogens is 7. The molecule has 1 unspecified atom stereocenters. The number of carbonyl (C=O) groups is 1. The first-order valence-electron chi connectivity index (χ1n) is 15.1. The molecule has 2 atom stereocenters. The molecule has 2 fully saturated rings. The average Bonchev–Trinajstić information content (AvgIpc) is 3.65. The zero-order valence-corrected chi connectivity index (χ0v) is 26.6. The second-order valence-corrected chi connectivity index (χ2v) is 12.7. The first-order chi connectivity index (χ1) is 23.0. The number of alkyl halides is 6. The summed E-state index contributed by atoms with van der Waals surface area (Å²) in [5, 5.41) is 16.1. The van der Waals surface area contributed by atoms with Crippen molar-refractivity contribution < 1.29 is 41.0 Å². The number of nitrogens with one attached hydrogen (secondary N) is 1. The van der Waals surface area contributed by atoms with Gasteiger partial charge in [-0.05, 0) is 67.0 Å². The summed E-state index contributed by atoms with van der Waals surface area (Å²) in [6, 6.07) is 9.16. The number of hydrogen-bond acceptors (Lipinski definition) is 8. The zero-order valence-electron chi connectivity index (χ0n) is 25.8. The van der Waals surface area contributed by atoms with Gasteiger partial charge >= 0.3 is 18.3 Å². The number of ether oxygens (including phenoxy) is 1. The lowest BCUT2D eigenvalue weighted by Crippen LogP contribution is -2.41. The molecule has 0 bridgehead atoms. The number of nitrogens with two attached hydrogens (primary N) is 1. The van der Waals surface area contributed by atoms with Crippen LogP contribution in [-0.2, 0) is 11.0 Å². The van der Waals surface area contributed by atoms with E-state index < -0.39 is 46.9 Å². The summed E-state index contributed by atoms with van der Waals surface area (Å²) < 4.78 is 91.2. The van der Waals surface area contributed by atoms with Crippen LogP contribution in [0.25, 0.3) is 16.8 Å². The van der Waals surface area contributed by atoms with Crippen molar-refractivity contribution in [1.82, 2.24) is 25.1 Å². The molecule has 17 heteroatoms. The SMILES string of the molecule is Cc1ccn(-c2cc(-c3ccc(C(F)(F)F)c(Cl)c3)ccc2[C@@H](Oc2cc(N3CCC4(CC3)CNC(C(=O)O)C4)nc(N)n2)C(F)(F)F)n1. The molecule has 4 N–H and O–H groups in total. The maximum absolute atomic E-state index is 14.8. The van der Waals surface area contributed by atoms with Crippen LogP contribution in [0.15, 0.2) is 54.7 Å². The molecule has 2 aromatic carbocycles. The Bertz CT molecular complexity index is 1870. The van der Waals surface area contributed by atoms with Crippen LogP contribution in [-0.4, -0.2) is 62.7 Å². The number of hydrogen-bond donors (Lipinski definition) is 3. The predicted molar refractivity (Wildman–Crippen MR) is 168 cm³/mol. The van der Waals surface area contributed by atoms with E-state index in [1.807, 2.05) is 4.90 Å². The number of aromatic nitrogens is 4. The van der Waals surface area contributed by atoms with Crippen molar-refractivity contribution in [3.63, 3.8) is 0 Å². The van der Waals surface area contributed by atoms with Gasteiger partial charge in [0, 0.05) is 37.5 Å². The second-order valence-electron chi connectivity index (χ2n) is 12.3. The van der Waals surface area contributed by atoms with E-state index in [1.165, 1.54) is 41.2 Å². The van der Waals surface area contributed by atoms with Crippen molar-refractivity contribution in [2.24, 2.45) is 5.41 Å². The number of nitrogens with zero attached hydrogens (tertiary/aromatic N) is 5. The number of carboxylic acids is 1. The number of piperidine rings is 1. The Morgan fingerprint density at radius 3 is 2.35 bits per heavy atom. The number of aryl methyl sites for hydroxylation is 1. The Kier molecular flexibility index (Phi) is 8.90. The second kappa shape index (κ2) is 12.7. The van der Waals surface area contributed by atoms with Crippen molar-refractivity contribution in [3.05, 3.63) is 76.6 Å². The van der Waals surface area contributed by atoms with Crippen molar-refractivity contribution in [1.29, 1.82) is 0 Å². The Labute approximate surface area is 280 Å². The monoisotopic (exact) mass is 709 g/mol. The summed E-state index contributed by atoms with van der Waals surface area (Å²) in [5.74, 6) is -1.38. The molecule has 6 rings (SSSR count). The minimum atomic E-state index is -4.97. The van der Waals surface area contributed by atoms with Gasteiger partial charge < -0.3 is 25.8 Å². The highest BCUT2D eigenvalue weighted by Crippen LogP contribution is 2.43. The van der Waals surface area contributed by atoms with Gasteiger partial charge in [0.1, 0.15) is 11.9 Å². The molecule has 0 amide bonds. The molecule has 4 heterocycles. The van der Waals surface area contributed by atoms with Crippen LogP contribution in [0.1, 0.15) is 42.2 Å². The van der Waals surface area contributed by atoms with E-state index in [-0.39, 0.29) is 39.6 Å². The molecular formula is C32H30ClF6N7O3. The maximum Gasteiger partial charge on any atom is 0.429 e. The zero-order chi connectivity index (χ0) is 35.3. The third-order valence-electron chi connectivity index (χ3n) is 8.94. The molecule has 2 saturated heterocycles. The van der Waals surface area contributed by atoms with Crippen LogP contribution in [0.3, 0.4) is 0 Å². The molecule has 2 aromatic heterocycles. The summed E-state index contributed by atoms with van der Waals surface area (Å²) in [6.07, 6.45) is -9.02. The standard InChI is InChI=1S/C32H30ClF6N7O3/c1-17-6-9-46(44-17)24-13-19(18-3-5-21(22(33)12-18)31(34,35)36)2-4-20(24)27(32(37,38)39)49-26-14-25(42-29(40)43-26)45-10-7-30(8-11-45)15-23(28(47)48)41-16-30/h2-6,9,12-14,23,27,41H,7-8,10-11,15-16H2,1H3,(H,47,48)(H2,40,42,43)/t23?,27-/m1/s1. The number of rotatable bonds is 7. The van der Waals surface area contributed by atoms with Crippen molar-refractivity contribution in [3.8, 4) is 22.7 Å². The smallest absolute Gasteiger partial charge is 0.429 e. The van der Waals surface area contributed by atoms with Crippen LogP contribution in [0.4, 0.5) is 38.1 Å². The molecule has 4 aromatic rings. The van der Waals surface area contributed by atoms with E-state index in [1.54, 1.807) is 13.0 Å². The third-order valence-corrected chi connectivity index (χ3v) is 9.25. The van der Waals surface area contributed by atoms with Crippen LogP contribution >= 0.6 is 11.6 Å². The molecule has 49 heavy (non-hydrogen) atoms. The molecule has 0 saturated carbocycles. The normalized spacial score (nSPS) is 18.5. The minimum absolute atomic E-state index is 0.0441. The highest BCUT2D eigenvalue weighted by Gasteiger charge is 2.46. The van der Waals surface area contributed by atoms with E-state index in [9.17, 15) is 36.2 Å². The molecule has 1 spiro atoms. The summed E-state index contributed by atoms with van der Waals surface area (Å²) >= 11 is 5.93. The molecule has 10 nitrogen and oxygen atoms in total. The summed E-state index contributed by atoms with van der Waals surface area (Å²) in [5.41, 5.74) is 5.31. The highest BCUT2D eigenvalue weighted by molar-refractivity contribution is 6.31. The number of nitrogen functional groups attached to an aromatic ring is 1. The Hall–Kier alpha value is -4.57. The number of aliphatic carboxylic acids is 1. The maximum atomic E-state index is 14.8. The fourth-order valence-electron chi connectivity index (χ4n) is 6.38. The van der Waals surface area contributed by atoms with Crippen molar-refractivity contribution in [2.75, 3.05) is 30.3 Å². The van der Waals surface area contributed by atoms with Gasteiger partial charge in [-0.2, -0.15) is 41.4 Å². The van der Waals surface area contributed by atoms with E-state index in [0.29, 0.717) is 44.6 Å². The molecule has 2 aliphatic heterocycles. The fourth-order valence-corrected chi connectivity index (χ4v) is 6.67. The van der Waals surface area contributed by atoms with Crippen LogP contribution in [0, 0.1) is 12.3 Å². The van der Waals surface area contributed by atoms with Gasteiger partial charge in [0.25, 0.3) is 0 Å². The van der Waals surface area contributed by atoms with Gasteiger partial charge in [-0.25, -0.2) is 4.68 Å². The summed E-state index contributed by atoms with van der Waals surface area (Å²) in [4.78, 5) is 21.4. The van der Waals surface area contributed by atoms with Crippen molar-refractivity contribution >= 4 is 29.3 Å². The quantitative estimate of drug-likeness (QED) is 0.182.